The standard InChI is InChI=1S/C12H17ClFNO/c1-9(13)5-6-15-8-10-3-4-11(16-2)7-12(10)14/h3-4,7,9,15H,5-6,8H2,1-2H3. The van der Waals surface area contributed by atoms with E-state index in [1.807, 2.05) is 6.92 Å². The average molecular weight is 246 g/mol. The van der Waals surface area contributed by atoms with Crippen molar-refractivity contribution in [1.82, 2.24) is 5.32 Å². The second-order valence-corrected chi connectivity index (χ2v) is 4.45. The first-order valence-corrected chi connectivity index (χ1v) is 5.74. The molecular weight excluding hydrogens is 229 g/mol. The molecule has 0 fully saturated rings. The molecule has 2 nitrogen and oxygen atoms in total. The molecule has 4 heteroatoms. The third kappa shape index (κ3) is 4.37. The van der Waals surface area contributed by atoms with Gasteiger partial charge in [-0.05, 0) is 26.0 Å². The fourth-order valence-corrected chi connectivity index (χ4v) is 1.43. The van der Waals surface area contributed by atoms with Gasteiger partial charge in [0.2, 0.25) is 0 Å². The Hall–Kier alpha value is -0.800. The largest absolute Gasteiger partial charge is 0.497 e. The summed E-state index contributed by atoms with van der Waals surface area (Å²) in [7, 11) is 1.52. The Morgan fingerprint density at radius 3 is 2.81 bits per heavy atom. The van der Waals surface area contributed by atoms with Crippen LogP contribution in [0.5, 0.6) is 5.75 Å². The molecule has 0 heterocycles. The fraction of sp³-hybridized carbons (Fsp3) is 0.500. The summed E-state index contributed by atoms with van der Waals surface area (Å²) in [5.41, 5.74) is 0.642. The number of benzene rings is 1. The van der Waals surface area contributed by atoms with Crippen LogP contribution in [0.4, 0.5) is 4.39 Å². The number of hydrogen-bond acceptors (Lipinski definition) is 2. The van der Waals surface area contributed by atoms with Gasteiger partial charge in [0.15, 0.2) is 0 Å². The molecule has 0 spiro atoms. The van der Waals surface area contributed by atoms with Gasteiger partial charge >= 0.3 is 0 Å². The van der Waals surface area contributed by atoms with Gasteiger partial charge in [-0.1, -0.05) is 6.07 Å². The predicted molar refractivity (Wildman–Crippen MR) is 64.6 cm³/mol. The smallest absolute Gasteiger partial charge is 0.131 e. The Balaban J connectivity index is 2.42. The van der Waals surface area contributed by atoms with E-state index in [9.17, 15) is 4.39 Å². The molecule has 0 aliphatic rings. The molecule has 0 amide bonds. The quantitative estimate of drug-likeness (QED) is 0.615. The van der Waals surface area contributed by atoms with Crippen molar-refractivity contribution in [2.75, 3.05) is 13.7 Å². The molecular formula is C12H17ClFNO. The number of nitrogens with one attached hydrogen (secondary N) is 1. The van der Waals surface area contributed by atoms with E-state index in [4.69, 9.17) is 16.3 Å². The number of halogens is 2. The average Bonchev–Trinajstić information content (AvgIpc) is 2.25. The highest BCUT2D eigenvalue weighted by Gasteiger charge is 2.03. The van der Waals surface area contributed by atoms with Crippen LogP contribution in [-0.2, 0) is 6.54 Å². The molecule has 0 aromatic heterocycles. The van der Waals surface area contributed by atoms with E-state index in [2.05, 4.69) is 5.32 Å². The molecule has 1 aromatic rings. The maximum atomic E-state index is 13.5. The molecule has 0 saturated heterocycles. The van der Waals surface area contributed by atoms with Gasteiger partial charge in [0.05, 0.1) is 7.11 Å². The molecule has 1 aromatic carbocycles. The molecule has 1 atom stereocenters. The van der Waals surface area contributed by atoms with Crippen LogP contribution < -0.4 is 10.1 Å². The summed E-state index contributed by atoms with van der Waals surface area (Å²) in [4.78, 5) is 0. The zero-order valence-electron chi connectivity index (χ0n) is 9.59. The summed E-state index contributed by atoms with van der Waals surface area (Å²) in [5.74, 6) is 0.293. The Labute approximate surface area is 101 Å². The zero-order valence-corrected chi connectivity index (χ0v) is 10.4. The van der Waals surface area contributed by atoms with Crippen LogP contribution in [0.1, 0.15) is 18.9 Å². The molecule has 0 radical (unpaired) electrons. The maximum Gasteiger partial charge on any atom is 0.131 e. The van der Waals surface area contributed by atoms with Crippen molar-refractivity contribution < 1.29 is 9.13 Å². The predicted octanol–water partition coefficient (Wildman–Crippen LogP) is 2.94. The topological polar surface area (TPSA) is 21.3 Å². The van der Waals surface area contributed by atoms with Crippen LogP contribution in [-0.4, -0.2) is 19.0 Å². The summed E-state index contributed by atoms with van der Waals surface area (Å²) in [5, 5.41) is 3.29. The molecule has 0 aliphatic carbocycles. The molecule has 1 unspecified atom stereocenters. The SMILES string of the molecule is COc1ccc(CNCCC(C)Cl)c(F)c1. The molecule has 1 rings (SSSR count). The van der Waals surface area contributed by atoms with Crippen LogP contribution in [0, 0.1) is 5.82 Å². The third-order valence-corrected chi connectivity index (χ3v) is 2.51. The third-order valence-electron chi connectivity index (χ3n) is 2.29. The number of rotatable bonds is 6. The van der Waals surface area contributed by atoms with Gasteiger partial charge in [-0.25, -0.2) is 4.39 Å². The van der Waals surface area contributed by atoms with Gasteiger partial charge in [-0.3, -0.25) is 0 Å². The number of ether oxygens (including phenoxy) is 1. The minimum Gasteiger partial charge on any atom is -0.497 e. The molecule has 0 bridgehead atoms. The summed E-state index contributed by atoms with van der Waals surface area (Å²) in [6, 6.07) is 4.87. The maximum absolute atomic E-state index is 13.5. The Morgan fingerprint density at radius 1 is 1.50 bits per heavy atom. The summed E-state index contributed by atoms with van der Waals surface area (Å²) in [6.45, 7) is 3.24. The summed E-state index contributed by atoms with van der Waals surface area (Å²) < 4.78 is 18.4. The monoisotopic (exact) mass is 245 g/mol. The lowest BCUT2D eigenvalue weighted by Crippen LogP contribution is -2.17. The first kappa shape index (κ1) is 13.3. The van der Waals surface area contributed by atoms with Gasteiger partial charge in [0.1, 0.15) is 11.6 Å². The number of hydrogen-bond donors (Lipinski definition) is 1. The van der Waals surface area contributed by atoms with E-state index >= 15 is 0 Å². The number of methoxy groups -OCH3 is 1. The van der Waals surface area contributed by atoms with E-state index in [1.54, 1.807) is 12.1 Å². The summed E-state index contributed by atoms with van der Waals surface area (Å²) in [6.07, 6.45) is 0.874. The Morgan fingerprint density at radius 2 is 2.25 bits per heavy atom. The van der Waals surface area contributed by atoms with Gasteiger partial charge in [-0.2, -0.15) is 0 Å². The van der Waals surface area contributed by atoms with Gasteiger partial charge in [0.25, 0.3) is 0 Å². The minimum atomic E-state index is -0.245. The Bertz CT molecular complexity index is 331. The van der Waals surface area contributed by atoms with Crippen molar-refractivity contribution in [2.24, 2.45) is 0 Å². The zero-order chi connectivity index (χ0) is 12.0. The second kappa shape index (κ2) is 6.71. The highest BCUT2D eigenvalue weighted by molar-refractivity contribution is 6.20. The second-order valence-electron chi connectivity index (χ2n) is 3.70. The lowest BCUT2D eigenvalue weighted by atomic mass is 10.2. The van der Waals surface area contributed by atoms with Crippen molar-refractivity contribution in [3.05, 3.63) is 29.6 Å². The van der Waals surface area contributed by atoms with Crippen molar-refractivity contribution in [1.29, 1.82) is 0 Å². The van der Waals surface area contributed by atoms with Gasteiger partial charge in [-0.15, -0.1) is 11.6 Å². The van der Waals surface area contributed by atoms with E-state index < -0.39 is 0 Å². The number of alkyl halides is 1. The fourth-order valence-electron chi connectivity index (χ4n) is 1.32. The van der Waals surface area contributed by atoms with E-state index in [0.29, 0.717) is 17.9 Å². The molecule has 0 aliphatic heterocycles. The van der Waals surface area contributed by atoms with Crippen LogP contribution in [0.3, 0.4) is 0 Å². The van der Waals surface area contributed by atoms with Crippen LogP contribution >= 0.6 is 11.6 Å². The Kier molecular flexibility index (Phi) is 5.56. The van der Waals surface area contributed by atoms with E-state index in [1.165, 1.54) is 13.2 Å². The van der Waals surface area contributed by atoms with Crippen LogP contribution in [0.2, 0.25) is 0 Å². The molecule has 16 heavy (non-hydrogen) atoms. The normalized spacial score (nSPS) is 12.5. The molecule has 1 N–H and O–H groups in total. The highest BCUT2D eigenvalue weighted by Crippen LogP contribution is 2.15. The molecule has 90 valence electrons. The van der Waals surface area contributed by atoms with Crippen LogP contribution in [0.25, 0.3) is 0 Å². The van der Waals surface area contributed by atoms with Gasteiger partial charge in [0, 0.05) is 23.6 Å². The minimum absolute atomic E-state index is 0.146. The lowest BCUT2D eigenvalue weighted by Gasteiger charge is -2.08. The lowest BCUT2D eigenvalue weighted by molar-refractivity contribution is 0.410. The first-order chi connectivity index (χ1) is 7.63. The van der Waals surface area contributed by atoms with E-state index in [-0.39, 0.29) is 11.2 Å². The van der Waals surface area contributed by atoms with Gasteiger partial charge < -0.3 is 10.1 Å². The van der Waals surface area contributed by atoms with E-state index in [0.717, 1.165) is 13.0 Å². The van der Waals surface area contributed by atoms with Crippen molar-refractivity contribution >= 4 is 11.6 Å². The van der Waals surface area contributed by atoms with Crippen LogP contribution in [0.15, 0.2) is 18.2 Å². The van der Waals surface area contributed by atoms with Crippen molar-refractivity contribution in [3.63, 3.8) is 0 Å². The van der Waals surface area contributed by atoms with Crippen molar-refractivity contribution in [3.8, 4) is 5.75 Å². The first-order valence-electron chi connectivity index (χ1n) is 5.30. The summed E-state index contributed by atoms with van der Waals surface area (Å²) >= 11 is 5.80. The highest BCUT2D eigenvalue weighted by atomic mass is 35.5. The molecule has 0 saturated carbocycles. The van der Waals surface area contributed by atoms with Crippen molar-refractivity contribution in [2.45, 2.75) is 25.3 Å².